The Bertz CT molecular complexity index is 247. The van der Waals surface area contributed by atoms with Gasteiger partial charge in [0.25, 0.3) is 0 Å². The van der Waals surface area contributed by atoms with Gasteiger partial charge >= 0.3 is 0 Å². The van der Waals surface area contributed by atoms with Crippen LogP contribution in [0.1, 0.15) is 0 Å². The Morgan fingerprint density at radius 3 is 2.75 bits per heavy atom. The van der Waals surface area contributed by atoms with Crippen molar-refractivity contribution in [3.63, 3.8) is 0 Å². The fourth-order valence-corrected chi connectivity index (χ4v) is 1.31. The third kappa shape index (κ3) is 2.70. The molecule has 0 saturated heterocycles. The molecule has 0 atom stereocenters. The molecule has 66 valence electrons. The van der Waals surface area contributed by atoms with E-state index in [4.69, 9.17) is 10.5 Å². The van der Waals surface area contributed by atoms with Crippen molar-refractivity contribution in [1.82, 2.24) is 0 Å². The van der Waals surface area contributed by atoms with E-state index in [0.717, 1.165) is 4.47 Å². The normalized spacial score (nSPS) is 9.83. The monoisotopic (exact) mass is 233 g/mol. The Kier molecular flexibility index (Phi) is 3.34. The highest BCUT2D eigenvalue weighted by Crippen LogP contribution is 2.22. The van der Waals surface area contributed by atoms with Gasteiger partial charge in [0.1, 0.15) is 19.0 Å². The van der Waals surface area contributed by atoms with Gasteiger partial charge in [-0.2, -0.15) is 0 Å². The second-order valence-electron chi connectivity index (χ2n) is 2.26. The Hall–Kier alpha value is -0.770. The summed E-state index contributed by atoms with van der Waals surface area (Å²) in [6.07, 6.45) is 0. The second kappa shape index (κ2) is 4.30. The molecule has 0 saturated carbocycles. The molecule has 0 spiro atoms. The van der Waals surface area contributed by atoms with Crippen molar-refractivity contribution in [3.8, 4) is 5.75 Å². The Balaban J connectivity index is 2.72. The van der Waals surface area contributed by atoms with Gasteiger partial charge in [0.15, 0.2) is 0 Å². The zero-order valence-corrected chi connectivity index (χ0v) is 7.97. The van der Waals surface area contributed by atoms with E-state index in [1.165, 1.54) is 0 Å². The standard InChI is InChI=1S/C8H9BrFNO/c9-6-3-7(11)5-8(4-6)12-2-1-10/h3-5H,1-2,11H2. The van der Waals surface area contributed by atoms with Gasteiger partial charge in [-0.05, 0) is 12.1 Å². The first-order chi connectivity index (χ1) is 5.72. The summed E-state index contributed by atoms with van der Waals surface area (Å²) in [5.41, 5.74) is 6.12. The second-order valence-corrected chi connectivity index (χ2v) is 3.17. The lowest BCUT2D eigenvalue weighted by Gasteiger charge is -2.04. The van der Waals surface area contributed by atoms with Crippen molar-refractivity contribution in [3.05, 3.63) is 22.7 Å². The summed E-state index contributed by atoms with van der Waals surface area (Å²) >= 11 is 3.25. The third-order valence-electron chi connectivity index (χ3n) is 1.24. The van der Waals surface area contributed by atoms with Gasteiger partial charge < -0.3 is 10.5 Å². The molecule has 0 amide bonds. The van der Waals surface area contributed by atoms with E-state index >= 15 is 0 Å². The van der Waals surface area contributed by atoms with Crippen molar-refractivity contribution in [2.24, 2.45) is 0 Å². The number of alkyl halides is 1. The quantitative estimate of drug-likeness (QED) is 0.815. The average molecular weight is 234 g/mol. The zero-order chi connectivity index (χ0) is 8.97. The maximum Gasteiger partial charge on any atom is 0.123 e. The van der Waals surface area contributed by atoms with Crippen molar-refractivity contribution in [2.75, 3.05) is 19.0 Å². The van der Waals surface area contributed by atoms with Gasteiger partial charge in [0.05, 0.1) is 0 Å². The van der Waals surface area contributed by atoms with Crippen molar-refractivity contribution < 1.29 is 9.13 Å². The third-order valence-corrected chi connectivity index (χ3v) is 1.70. The molecule has 12 heavy (non-hydrogen) atoms. The molecule has 0 heterocycles. The highest BCUT2D eigenvalue weighted by molar-refractivity contribution is 9.10. The van der Waals surface area contributed by atoms with Gasteiger partial charge in [0.2, 0.25) is 0 Å². The number of rotatable bonds is 3. The van der Waals surface area contributed by atoms with Crippen molar-refractivity contribution in [1.29, 1.82) is 0 Å². The molecule has 0 unspecified atom stereocenters. The van der Waals surface area contributed by atoms with E-state index in [-0.39, 0.29) is 6.61 Å². The molecule has 4 heteroatoms. The van der Waals surface area contributed by atoms with Crippen LogP contribution < -0.4 is 10.5 Å². The zero-order valence-electron chi connectivity index (χ0n) is 6.39. The first kappa shape index (κ1) is 9.32. The largest absolute Gasteiger partial charge is 0.491 e. The number of nitrogens with two attached hydrogens (primary N) is 1. The van der Waals surface area contributed by atoms with Crippen molar-refractivity contribution in [2.45, 2.75) is 0 Å². The van der Waals surface area contributed by atoms with Crippen LogP contribution in [0.4, 0.5) is 10.1 Å². The van der Waals surface area contributed by atoms with E-state index in [0.29, 0.717) is 11.4 Å². The number of anilines is 1. The SMILES string of the molecule is Nc1cc(Br)cc(OCCF)c1. The van der Waals surface area contributed by atoms with E-state index in [1.54, 1.807) is 18.2 Å². The highest BCUT2D eigenvalue weighted by atomic mass is 79.9. The van der Waals surface area contributed by atoms with Crippen LogP contribution in [0.3, 0.4) is 0 Å². The lowest BCUT2D eigenvalue weighted by atomic mass is 10.3. The first-order valence-corrected chi connectivity index (χ1v) is 4.26. The van der Waals surface area contributed by atoms with Crippen molar-refractivity contribution >= 4 is 21.6 Å². The molecule has 0 radical (unpaired) electrons. The summed E-state index contributed by atoms with van der Waals surface area (Å²) in [6, 6.07) is 5.15. The van der Waals surface area contributed by atoms with Gasteiger partial charge in [-0.1, -0.05) is 15.9 Å². The molecule has 0 aromatic heterocycles. The fraction of sp³-hybridized carbons (Fsp3) is 0.250. The minimum absolute atomic E-state index is 0.0654. The molecule has 1 aromatic rings. The summed E-state index contributed by atoms with van der Waals surface area (Å²) in [7, 11) is 0. The molecule has 0 aliphatic rings. The van der Waals surface area contributed by atoms with Crippen LogP contribution in [0.5, 0.6) is 5.75 Å². The minimum Gasteiger partial charge on any atom is -0.491 e. The number of ether oxygens (including phenoxy) is 1. The molecule has 2 N–H and O–H groups in total. The Morgan fingerprint density at radius 2 is 2.17 bits per heavy atom. The van der Waals surface area contributed by atoms with Crippen LogP contribution in [0.25, 0.3) is 0 Å². The maximum atomic E-state index is 11.7. The van der Waals surface area contributed by atoms with Gasteiger partial charge in [-0.15, -0.1) is 0 Å². The van der Waals surface area contributed by atoms with E-state index in [2.05, 4.69) is 15.9 Å². The Labute approximate surface area is 78.6 Å². The van der Waals surface area contributed by atoms with Gasteiger partial charge in [-0.25, -0.2) is 4.39 Å². The molecule has 1 aromatic carbocycles. The van der Waals surface area contributed by atoms with E-state index < -0.39 is 6.67 Å². The maximum absolute atomic E-state index is 11.7. The topological polar surface area (TPSA) is 35.2 Å². The van der Waals surface area contributed by atoms with Crippen LogP contribution in [0.2, 0.25) is 0 Å². The summed E-state index contributed by atoms with van der Waals surface area (Å²) in [4.78, 5) is 0. The molecule has 0 aliphatic heterocycles. The molecule has 2 nitrogen and oxygen atoms in total. The lowest BCUT2D eigenvalue weighted by Crippen LogP contribution is -1.99. The number of hydrogen-bond donors (Lipinski definition) is 1. The van der Waals surface area contributed by atoms with Crippen LogP contribution in [0, 0.1) is 0 Å². The summed E-state index contributed by atoms with van der Waals surface area (Å²) in [5.74, 6) is 0.583. The lowest BCUT2D eigenvalue weighted by molar-refractivity contribution is 0.273. The molecular formula is C8H9BrFNO. The smallest absolute Gasteiger partial charge is 0.123 e. The highest BCUT2D eigenvalue weighted by Gasteiger charge is 1.97. The van der Waals surface area contributed by atoms with Crippen LogP contribution in [-0.2, 0) is 0 Å². The first-order valence-electron chi connectivity index (χ1n) is 3.47. The molecule has 1 rings (SSSR count). The van der Waals surface area contributed by atoms with Gasteiger partial charge in [-0.3, -0.25) is 0 Å². The average Bonchev–Trinajstić information content (AvgIpc) is 1.99. The van der Waals surface area contributed by atoms with Crippen LogP contribution >= 0.6 is 15.9 Å². The number of nitrogen functional groups attached to an aromatic ring is 1. The summed E-state index contributed by atoms with van der Waals surface area (Å²) in [6.45, 7) is -0.428. The number of halogens is 2. The Morgan fingerprint density at radius 1 is 1.42 bits per heavy atom. The minimum atomic E-state index is -0.494. The van der Waals surface area contributed by atoms with Gasteiger partial charge in [0, 0.05) is 16.2 Å². The summed E-state index contributed by atoms with van der Waals surface area (Å²) < 4.78 is 17.6. The van der Waals surface area contributed by atoms with Crippen LogP contribution in [0.15, 0.2) is 22.7 Å². The van der Waals surface area contributed by atoms with Crippen LogP contribution in [-0.4, -0.2) is 13.3 Å². The number of benzene rings is 1. The predicted molar refractivity (Wildman–Crippen MR) is 50.0 cm³/mol. The fourth-order valence-electron chi connectivity index (χ4n) is 0.824. The molecular weight excluding hydrogens is 225 g/mol. The number of hydrogen-bond acceptors (Lipinski definition) is 2. The van der Waals surface area contributed by atoms with E-state index in [9.17, 15) is 4.39 Å². The summed E-state index contributed by atoms with van der Waals surface area (Å²) in [5, 5.41) is 0. The van der Waals surface area contributed by atoms with E-state index in [1.807, 2.05) is 0 Å². The predicted octanol–water partition coefficient (Wildman–Crippen LogP) is 2.38. The molecule has 0 bridgehead atoms. The molecule has 0 aliphatic carbocycles. The molecule has 0 fully saturated rings.